The van der Waals surface area contributed by atoms with E-state index in [-0.39, 0.29) is 6.04 Å². The molecule has 1 N–H and O–H groups in total. The van der Waals surface area contributed by atoms with Gasteiger partial charge in [-0.1, -0.05) is 42.5 Å². The summed E-state index contributed by atoms with van der Waals surface area (Å²) in [4.78, 5) is 0. The molecule has 0 radical (unpaired) electrons. The van der Waals surface area contributed by atoms with Gasteiger partial charge in [0.1, 0.15) is 5.75 Å². The maximum Gasteiger partial charge on any atom is 0.118 e. The molecule has 3 heteroatoms. The number of ether oxygens (including phenoxy) is 1. The first kappa shape index (κ1) is 15.9. The quantitative estimate of drug-likeness (QED) is 0.831. The molecule has 0 bridgehead atoms. The first-order chi connectivity index (χ1) is 10.2. The van der Waals surface area contributed by atoms with E-state index < -0.39 is 0 Å². The van der Waals surface area contributed by atoms with E-state index in [9.17, 15) is 0 Å². The highest BCUT2D eigenvalue weighted by atomic mass is 32.2. The Bertz CT molecular complexity index is 527. The van der Waals surface area contributed by atoms with Crippen LogP contribution in [0.4, 0.5) is 0 Å². The van der Waals surface area contributed by atoms with Gasteiger partial charge in [-0.25, -0.2) is 0 Å². The highest BCUT2D eigenvalue weighted by molar-refractivity contribution is 7.98. The monoisotopic (exact) mass is 301 g/mol. The molecule has 0 aliphatic heterocycles. The summed E-state index contributed by atoms with van der Waals surface area (Å²) in [5.41, 5.74) is 2.55. The number of nitrogens with one attached hydrogen (secondary N) is 1. The molecule has 0 aliphatic carbocycles. The van der Waals surface area contributed by atoms with E-state index in [2.05, 4.69) is 61.0 Å². The van der Waals surface area contributed by atoms with Gasteiger partial charge in [0.15, 0.2) is 0 Å². The molecule has 0 heterocycles. The summed E-state index contributed by atoms with van der Waals surface area (Å²) in [5, 5.41) is 3.73. The minimum absolute atomic E-state index is 0.208. The number of rotatable bonds is 7. The minimum Gasteiger partial charge on any atom is -0.497 e. The summed E-state index contributed by atoms with van der Waals surface area (Å²) in [7, 11) is 1.70. The number of benzene rings is 2. The van der Waals surface area contributed by atoms with E-state index in [0.29, 0.717) is 6.04 Å². The Balaban J connectivity index is 2.26. The third-order valence-corrected chi connectivity index (χ3v) is 4.28. The Morgan fingerprint density at radius 3 is 2.19 bits per heavy atom. The fourth-order valence-corrected chi connectivity index (χ4v) is 3.01. The summed E-state index contributed by atoms with van der Waals surface area (Å²) in [6.07, 6.45) is 2.14. The van der Waals surface area contributed by atoms with Gasteiger partial charge in [-0.3, -0.25) is 0 Å². The Labute approximate surface area is 131 Å². The van der Waals surface area contributed by atoms with E-state index in [0.717, 1.165) is 11.5 Å². The second-order valence-electron chi connectivity index (χ2n) is 5.14. The maximum absolute atomic E-state index is 5.25. The third-order valence-electron chi connectivity index (χ3n) is 3.45. The molecular weight excluding hydrogens is 278 g/mol. The molecule has 0 aliphatic rings. The lowest BCUT2D eigenvalue weighted by atomic mass is 9.98. The van der Waals surface area contributed by atoms with Gasteiger partial charge >= 0.3 is 0 Å². The second kappa shape index (κ2) is 8.11. The van der Waals surface area contributed by atoms with Crippen LogP contribution in [0.25, 0.3) is 0 Å². The van der Waals surface area contributed by atoms with Gasteiger partial charge in [-0.2, -0.15) is 11.8 Å². The molecule has 0 amide bonds. The molecule has 21 heavy (non-hydrogen) atoms. The van der Waals surface area contributed by atoms with Crippen LogP contribution in [-0.2, 0) is 0 Å². The van der Waals surface area contributed by atoms with Gasteiger partial charge < -0.3 is 10.1 Å². The standard InChI is InChI=1S/C18H23NOS/c1-14(13-21-3)19-18(15-7-5-4-6-8-15)16-9-11-17(20-2)12-10-16/h4-12,14,18-19H,13H2,1-3H3. The van der Waals surface area contributed by atoms with E-state index in [1.807, 2.05) is 23.9 Å². The summed E-state index contributed by atoms with van der Waals surface area (Å²) in [5.74, 6) is 1.99. The Morgan fingerprint density at radius 2 is 1.62 bits per heavy atom. The van der Waals surface area contributed by atoms with Crippen LogP contribution in [0.5, 0.6) is 5.75 Å². The molecule has 0 saturated carbocycles. The van der Waals surface area contributed by atoms with Crippen LogP contribution >= 0.6 is 11.8 Å². The van der Waals surface area contributed by atoms with E-state index in [4.69, 9.17) is 4.74 Å². The normalized spacial score (nSPS) is 13.7. The van der Waals surface area contributed by atoms with Crippen molar-refractivity contribution in [3.8, 4) is 5.75 Å². The number of methoxy groups -OCH3 is 1. The molecule has 2 aromatic rings. The molecule has 0 saturated heterocycles. The predicted octanol–water partition coefficient (Wildman–Crippen LogP) is 4.13. The zero-order valence-corrected chi connectivity index (χ0v) is 13.7. The van der Waals surface area contributed by atoms with Crippen molar-refractivity contribution in [3.63, 3.8) is 0 Å². The van der Waals surface area contributed by atoms with Crippen LogP contribution in [-0.4, -0.2) is 25.2 Å². The van der Waals surface area contributed by atoms with Crippen LogP contribution < -0.4 is 10.1 Å². The van der Waals surface area contributed by atoms with Crippen molar-refractivity contribution in [2.45, 2.75) is 19.0 Å². The molecule has 2 rings (SSSR count). The molecule has 0 aromatic heterocycles. The van der Waals surface area contributed by atoms with Gasteiger partial charge in [0, 0.05) is 11.8 Å². The number of hydrogen-bond acceptors (Lipinski definition) is 3. The first-order valence-corrected chi connectivity index (χ1v) is 8.58. The zero-order chi connectivity index (χ0) is 15.1. The summed E-state index contributed by atoms with van der Waals surface area (Å²) in [6, 6.07) is 19.6. The lowest BCUT2D eigenvalue weighted by molar-refractivity contribution is 0.414. The molecule has 112 valence electrons. The molecule has 0 fully saturated rings. The average molecular weight is 301 g/mol. The van der Waals surface area contributed by atoms with Crippen LogP contribution in [0.2, 0.25) is 0 Å². The van der Waals surface area contributed by atoms with Crippen molar-refractivity contribution < 1.29 is 4.74 Å². The highest BCUT2D eigenvalue weighted by Crippen LogP contribution is 2.24. The van der Waals surface area contributed by atoms with Crippen molar-refractivity contribution in [1.82, 2.24) is 5.32 Å². The van der Waals surface area contributed by atoms with Crippen molar-refractivity contribution in [1.29, 1.82) is 0 Å². The summed E-state index contributed by atoms with van der Waals surface area (Å²) >= 11 is 1.87. The van der Waals surface area contributed by atoms with Gasteiger partial charge in [-0.05, 0) is 36.4 Å². The molecule has 2 nitrogen and oxygen atoms in total. The average Bonchev–Trinajstić information content (AvgIpc) is 2.54. The van der Waals surface area contributed by atoms with Crippen molar-refractivity contribution in [3.05, 3.63) is 65.7 Å². The molecule has 2 aromatic carbocycles. The maximum atomic E-state index is 5.25. The molecule has 2 unspecified atom stereocenters. The van der Waals surface area contributed by atoms with Crippen LogP contribution in [0.15, 0.2) is 54.6 Å². The summed E-state index contributed by atoms with van der Waals surface area (Å²) < 4.78 is 5.25. The Kier molecular flexibility index (Phi) is 6.15. The number of hydrogen-bond donors (Lipinski definition) is 1. The Hall–Kier alpha value is -1.45. The molecule has 2 atom stereocenters. The molecular formula is C18H23NOS. The van der Waals surface area contributed by atoms with Gasteiger partial charge in [-0.15, -0.1) is 0 Å². The van der Waals surface area contributed by atoms with Gasteiger partial charge in [0.2, 0.25) is 0 Å². The highest BCUT2D eigenvalue weighted by Gasteiger charge is 2.16. The first-order valence-electron chi connectivity index (χ1n) is 7.18. The number of thioether (sulfide) groups is 1. The predicted molar refractivity (Wildman–Crippen MR) is 92.3 cm³/mol. The van der Waals surface area contributed by atoms with Crippen molar-refractivity contribution in [2.75, 3.05) is 19.1 Å². The molecule has 0 spiro atoms. The van der Waals surface area contributed by atoms with Crippen molar-refractivity contribution >= 4 is 11.8 Å². The van der Waals surface area contributed by atoms with Gasteiger partial charge in [0.05, 0.1) is 13.2 Å². The fraction of sp³-hybridized carbons (Fsp3) is 0.333. The fourth-order valence-electron chi connectivity index (χ4n) is 2.41. The van der Waals surface area contributed by atoms with E-state index >= 15 is 0 Å². The third kappa shape index (κ3) is 4.51. The lowest BCUT2D eigenvalue weighted by Gasteiger charge is -2.24. The van der Waals surface area contributed by atoms with E-state index in [1.54, 1.807) is 7.11 Å². The smallest absolute Gasteiger partial charge is 0.118 e. The lowest BCUT2D eigenvalue weighted by Crippen LogP contribution is -2.33. The van der Waals surface area contributed by atoms with Crippen molar-refractivity contribution in [2.24, 2.45) is 0 Å². The SMILES string of the molecule is COc1ccc(C(NC(C)CSC)c2ccccc2)cc1. The van der Waals surface area contributed by atoms with Crippen LogP contribution in [0.1, 0.15) is 24.1 Å². The zero-order valence-electron chi connectivity index (χ0n) is 12.9. The minimum atomic E-state index is 0.208. The van der Waals surface area contributed by atoms with E-state index in [1.165, 1.54) is 11.1 Å². The van der Waals surface area contributed by atoms with Gasteiger partial charge in [0.25, 0.3) is 0 Å². The second-order valence-corrected chi connectivity index (χ2v) is 6.05. The largest absolute Gasteiger partial charge is 0.497 e. The van der Waals surface area contributed by atoms with Crippen LogP contribution in [0.3, 0.4) is 0 Å². The topological polar surface area (TPSA) is 21.3 Å². The summed E-state index contributed by atoms with van der Waals surface area (Å²) in [6.45, 7) is 2.23. The Morgan fingerprint density at radius 1 is 1.00 bits per heavy atom. The van der Waals surface area contributed by atoms with Crippen LogP contribution in [0, 0.1) is 0 Å².